The van der Waals surface area contributed by atoms with E-state index in [-0.39, 0.29) is 18.0 Å². The maximum atomic E-state index is 12.3. The van der Waals surface area contributed by atoms with Crippen LogP contribution in [0.5, 0.6) is 0 Å². The van der Waals surface area contributed by atoms with Gasteiger partial charge in [0.1, 0.15) is 0 Å². The van der Waals surface area contributed by atoms with Crippen LogP contribution in [0.2, 0.25) is 0 Å². The number of hydrogen-bond acceptors (Lipinski definition) is 3. The summed E-state index contributed by atoms with van der Waals surface area (Å²) in [5, 5.41) is 2.98. The minimum Gasteiger partial charge on any atom is -0.350 e. The molecule has 1 amide bonds. The quantitative estimate of drug-likeness (QED) is 0.581. The highest BCUT2D eigenvalue weighted by Crippen LogP contribution is 2.34. The molecular weight excluding hydrogens is 382 g/mol. The van der Waals surface area contributed by atoms with Gasteiger partial charge in [-0.25, -0.2) is 0 Å². The molecule has 1 heterocycles. The molecule has 0 saturated carbocycles. The summed E-state index contributed by atoms with van der Waals surface area (Å²) in [4.78, 5) is 14.8. The van der Waals surface area contributed by atoms with Gasteiger partial charge in [-0.2, -0.15) is 0 Å². The smallest absolute Gasteiger partial charge is 0.251 e. The van der Waals surface area contributed by atoms with Gasteiger partial charge in [-0.15, -0.1) is 0 Å². The van der Waals surface area contributed by atoms with E-state index in [9.17, 15) is 4.79 Å². The molecule has 3 aromatic carbocycles. The van der Waals surface area contributed by atoms with Crippen molar-refractivity contribution in [2.75, 3.05) is 19.6 Å². The topological polar surface area (TPSA) is 58.4 Å². The third kappa shape index (κ3) is 5.60. The number of likely N-dealkylation sites (tertiary alicyclic amines) is 1. The Balaban J connectivity index is 1.35. The molecule has 31 heavy (non-hydrogen) atoms. The van der Waals surface area contributed by atoms with Crippen LogP contribution in [0.3, 0.4) is 0 Å². The molecule has 0 spiro atoms. The monoisotopic (exact) mass is 413 g/mol. The molecule has 4 rings (SSSR count). The van der Waals surface area contributed by atoms with Crippen LogP contribution < -0.4 is 11.1 Å². The second-order valence-corrected chi connectivity index (χ2v) is 8.45. The number of nitrogens with one attached hydrogen (secondary N) is 1. The molecule has 1 saturated heterocycles. The lowest BCUT2D eigenvalue weighted by molar-refractivity contribution is 0.0950. The molecule has 2 unspecified atom stereocenters. The van der Waals surface area contributed by atoms with Crippen LogP contribution in [0.25, 0.3) is 0 Å². The predicted molar refractivity (Wildman–Crippen MR) is 126 cm³/mol. The van der Waals surface area contributed by atoms with E-state index in [0.717, 1.165) is 25.9 Å². The Hall–Kier alpha value is -2.95. The summed E-state index contributed by atoms with van der Waals surface area (Å²) in [6, 6.07) is 31.0. The summed E-state index contributed by atoms with van der Waals surface area (Å²) in [5.41, 5.74) is 9.72. The molecule has 0 aliphatic carbocycles. The van der Waals surface area contributed by atoms with Gasteiger partial charge in [-0.05, 0) is 48.6 Å². The van der Waals surface area contributed by atoms with Gasteiger partial charge in [0, 0.05) is 24.7 Å². The van der Waals surface area contributed by atoms with E-state index in [2.05, 4.69) is 70.9 Å². The predicted octanol–water partition coefficient (Wildman–Crippen LogP) is 4.25. The van der Waals surface area contributed by atoms with Crippen molar-refractivity contribution in [3.8, 4) is 0 Å². The van der Waals surface area contributed by atoms with Gasteiger partial charge in [-0.3, -0.25) is 9.69 Å². The van der Waals surface area contributed by atoms with Crippen molar-refractivity contribution < 1.29 is 4.79 Å². The zero-order valence-electron chi connectivity index (χ0n) is 17.9. The lowest BCUT2D eigenvalue weighted by Gasteiger charge is -2.29. The zero-order valence-corrected chi connectivity index (χ0v) is 17.9. The SMILES string of the molecule is NC(CNC(=O)c1ccccc1)CC1CCN(C(c2ccccc2)c2ccccc2)C1. The van der Waals surface area contributed by atoms with Crippen molar-refractivity contribution in [2.24, 2.45) is 11.7 Å². The number of nitrogens with two attached hydrogens (primary N) is 1. The fraction of sp³-hybridized carbons (Fsp3) is 0.296. The average molecular weight is 414 g/mol. The molecule has 4 heteroatoms. The van der Waals surface area contributed by atoms with E-state index in [0.29, 0.717) is 18.0 Å². The molecular formula is C27H31N3O. The Morgan fingerprint density at radius 2 is 1.45 bits per heavy atom. The number of carbonyl (C=O) groups excluding carboxylic acids is 1. The van der Waals surface area contributed by atoms with Crippen LogP contribution in [0, 0.1) is 5.92 Å². The molecule has 2 atom stereocenters. The second-order valence-electron chi connectivity index (χ2n) is 8.45. The number of benzene rings is 3. The molecule has 1 aliphatic heterocycles. The normalized spacial score (nSPS) is 17.5. The Labute approximate surface area is 185 Å². The zero-order chi connectivity index (χ0) is 21.5. The van der Waals surface area contributed by atoms with Crippen LogP contribution in [0.1, 0.15) is 40.4 Å². The molecule has 1 fully saturated rings. The van der Waals surface area contributed by atoms with Crippen molar-refractivity contribution in [3.05, 3.63) is 108 Å². The van der Waals surface area contributed by atoms with E-state index >= 15 is 0 Å². The summed E-state index contributed by atoms with van der Waals surface area (Å²) in [5.74, 6) is 0.482. The minimum atomic E-state index is -0.0580. The summed E-state index contributed by atoms with van der Waals surface area (Å²) < 4.78 is 0. The molecule has 160 valence electrons. The van der Waals surface area contributed by atoms with Gasteiger partial charge in [0.2, 0.25) is 0 Å². The van der Waals surface area contributed by atoms with Crippen molar-refractivity contribution in [2.45, 2.75) is 24.9 Å². The van der Waals surface area contributed by atoms with Crippen molar-refractivity contribution in [1.82, 2.24) is 10.2 Å². The molecule has 4 nitrogen and oxygen atoms in total. The van der Waals surface area contributed by atoms with E-state index in [1.54, 1.807) is 0 Å². The first kappa shape index (κ1) is 21.3. The maximum absolute atomic E-state index is 12.3. The fourth-order valence-electron chi connectivity index (χ4n) is 4.60. The van der Waals surface area contributed by atoms with Gasteiger partial charge in [-0.1, -0.05) is 78.9 Å². The van der Waals surface area contributed by atoms with Gasteiger partial charge in [0.15, 0.2) is 0 Å². The Morgan fingerprint density at radius 3 is 2.03 bits per heavy atom. The second kappa shape index (κ2) is 10.4. The van der Waals surface area contributed by atoms with E-state index < -0.39 is 0 Å². The van der Waals surface area contributed by atoms with E-state index in [4.69, 9.17) is 5.73 Å². The lowest BCUT2D eigenvalue weighted by atomic mass is 9.96. The Kier molecular flexibility index (Phi) is 7.13. The summed E-state index contributed by atoms with van der Waals surface area (Å²) in [6.07, 6.45) is 2.05. The Bertz CT molecular complexity index is 906. The first-order chi connectivity index (χ1) is 15.2. The molecule has 3 aromatic rings. The molecule has 0 bridgehead atoms. The van der Waals surface area contributed by atoms with Crippen LogP contribution in [-0.4, -0.2) is 36.5 Å². The third-order valence-corrected chi connectivity index (χ3v) is 6.11. The standard InChI is InChI=1S/C27H31N3O/c28-25(19-29-27(31)24-14-8-3-9-15-24)18-21-16-17-30(20-21)26(22-10-4-1-5-11-22)23-12-6-2-7-13-23/h1-15,21,25-26H,16-20,28H2,(H,29,31). The number of rotatable bonds is 8. The number of hydrogen-bond donors (Lipinski definition) is 2. The third-order valence-electron chi connectivity index (χ3n) is 6.11. The summed E-state index contributed by atoms with van der Waals surface area (Å²) >= 11 is 0. The first-order valence-corrected chi connectivity index (χ1v) is 11.1. The van der Waals surface area contributed by atoms with Gasteiger partial charge in [0.25, 0.3) is 5.91 Å². The van der Waals surface area contributed by atoms with Crippen molar-refractivity contribution in [1.29, 1.82) is 0 Å². The van der Waals surface area contributed by atoms with Crippen molar-refractivity contribution >= 4 is 5.91 Å². The first-order valence-electron chi connectivity index (χ1n) is 11.1. The van der Waals surface area contributed by atoms with Crippen LogP contribution in [-0.2, 0) is 0 Å². The average Bonchev–Trinajstić information content (AvgIpc) is 3.27. The van der Waals surface area contributed by atoms with Crippen LogP contribution in [0.15, 0.2) is 91.0 Å². The highest BCUT2D eigenvalue weighted by atomic mass is 16.1. The number of amides is 1. The summed E-state index contributed by atoms with van der Waals surface area (Å²) in [6.45, 7) is 2.59. The molecule has 0 aromatic heterocycles. The highest BCUT2D eigenvalue weighted by Gasteiger charge is 2.31. The molecule has 1 aliphatic rings. The van der Waals surface area contributed by atoms with E-state index in [1.807, 2.05) is 30.3 Å². The molecule has 0 radical (unpaired) electrons. The van der Waals surface area contributed by atoms with Crippen LogP contribution >= 0.6 is 0 Å². The minimum absolute atomic E-state index is 0.0375. The lowest BCUT2D eigenvalue weighted by Crippen LogP contribution is -2.39. The van der Waals surface area contributed by atoms with Crippen LogP contribution in [0.4, 0.5) is 0 Å². The Morgan fingerprint density at radius 1 is 0.903 bits per heavy atom. The van der Waals surface area contributed by atoms with Gasteiger partial charge >= 0.3 is 0 Å². The van der Waals surface area contributed by atoms with Gasteiger partial charge in [0.05, 0.1) is 6.04 Å². The number of carbonyl (C=O) groups is 1. The highest BCUT2D eigenvalue weighted by molar-refractivity contribution is 5.94. The van der Waals surface area contributed by atoms with E-state index in [1.165, 1.54) is 11.1 Å². The summed E-state index contributed by atoms with van der Waals surface area (Å²) in [7, 11) is 0. The fourth-order valence-corrected chi connectivity index (χ4v) is 4.60. The maximum Gasteiger partial charge on any atom is 0.251 e. The molecule has 3 N–H and O–H groups in total. The number of nitrogens with zero attached hydrogens (tertiary/aromatic N) is 1. The van der Waals surface area contributed by atoms with Gasteiger partial charge < -0.3 is 11.1 Å². The largest absolute Gasteiger partial charge is 0.350 e. The van der Waals surface area contributed by atoms with Crippen molar-refractivity contribution in [3.63, 3.8) is 0 Å².